The predicted octanol–water partition coefficient (Wildman–Crippen LogP) is 3.36. The van der Waals surface area contributed by atoms with Crippen LogP contribution in [0, 0.1) is 0 Å². The van der Waals surface area contributed by atoms with Crippen molar-refractivity contribution in [2.24, 2.45) is 0 Å². The molecule has 3 rings (SSSR count). The van der Waals surface area contributed by atoms with E-state index in [-0.39, 0.29) is 5.91 Å². The smallest absolute Gasteiger partial charge is 0.257 e. The van der Waals surface area contributed by atoms with E-state index in [0.29, 0.717) is 17.0 Å². The molecular formula is C15H12BrN3O2. The number of hydrogen-bond donors (Lipinski definition) is 1. The van der Waals surface area contributed by atoms with Crippen LogP contribution in [-0.4, -0.2) is 22.4 Å². The second-order valence-electron chi connectivity index (χ2n) is 4.41. The highest BCUT2D eigenvalue weighted by Crippen LogP contribution is 2.28. The third-order valence-corrected chi connectivity index (χ3v) is 3.55. The first kappa shape index (κ1) is 13.6. The molecule has 1 aromatic carbocycles. The summed E-state index contributed by atoms with van der Waals surface area (Å²) in [5, 5.41) is 2.85. The van der Waals surface area contributed by atoms with Crippen LogP contribution in [-0.2, 0) is 0 Å². The topological polar surface area (TPSA) is 55.6 Å². The molecule has 0 saturated heterocycles. The number of nitrogens with one attached hydrogen (secondary N) is 1. The summed E-state index contributed by atoms with van der Waals surface area (Å²) in [5.74, 6) is 0.400. The van der Waals surface area contributed by atoms with E-state index in [1.165, 1.54) is 0 Å². The van der Waals surface area contributed by atoms with Crippen LogP contribution in [0.25, 0.3) is 5.65 Å². The first-order chi connectivity index (χ1) is 10.2. The number of carbonyl (C=O) groups excluding carboxylic acids is 1. The fourth-order valence-electron chi connectivity index (χ4n) is 2.03. The summed E-state index contributed by atoms with van der Waals surface area (Å²) >= 11 is 3.38. The molecule has 0 aliphatic rings. The third kappa shape index (κ3) is 2.75. The van der Waals surface area contributed by atoms with E-state index in [2.05, 4.69) is 26.2 Å². The number of fused-ring (bicyclic) bond motifs is 1. The molecule has 0 spiro atoms. The van der Waals surface area contributed by atoms with Gasteiger partial charge in [-0.3, -0.25) is 4.79 Å². The van der Waals surface area contributed by atoms with Crippen LogP contribution < -0.4 is 10.1 Å². The Morgan fingerprint density at radius 2 is 2.19 bits per heavy atom. The van der Waals surface area contributed by atoms with Crippen LogP contribution in [0.2, 0.25) is 0 Å². The van der Waals surface area contributed by atoms with E-state index in [1.54, 1.807) is 54.4 Å². The molecular weight excluding hydrogens is 334 g/mol. The number of halogens is 1. The van der Waals surface area contributed by atoms with E-state index >= 15 is 0 Å². The maximum atomic E-state index is 12.3. The van der Waals surface area contributed by atoms with E-state index in [0.717, 1.165) is 10.1 Å². The molecule has 1 N–H and O–H groups in total. The van der Waals surface area contributed by atoms with Gasteiger partial charge in [-0.1, -0.05) is 15.9 Å². The maximum absolute atomic E-state index is 12.3. The Bertz CT molecular complexity index is 814. The van der Waals surface area contributed by atoms with Crippen molar-refractivity contribution in [1.82, 2.24) is 9.38 Å². The Kier molecular flexibility index (Phi) is 3.62. The van der Waals surface area contributed by atoms with Crippen LogP contribution in [0.1, 0.15) is 10.4 Å². The van der Waals surface area contributed by atoms with Crippen LogP contribution >= 0.6 is 15.9 Å². The van der Waals surface area contributed by atoms with Gasteiger partial charge >= 0.3 is 0 Å². The number of rotatable bonds is 3. The van der Waals surface area contributed by atoms with Gasteiger partial charge in [-0.15, -0.1) is 0 Å². The van der Waals surface area contributed by atoms with Gasteiger partial charge in [-0.2, -0.15) is 0 Å². The summed E-state index contributed by atoms with van der Waals surface area (Å²) in [5.41, 5.74) is 1.96. The minimum Gasteiger partial charge on any atom is -0.495 e. The highest BCUT2D eigenvalue weighted by Gasteiger charge is 2.11. The molecule has 0 saturated carbocycles. The van der Waals surface area contributed by atoms with Gasteiger partial charge in [0.15, 0.2) is 0 Å². The second-order valence-corrected chi connectivity index (χ2v) is 5.32. The van der Waals surface area contributed by atoms with Gasteiger partial charge in [-0.25, -0.2) is 4.98 Å². The zero-order chi connectivity index (χ0) is 14.8. The highest BCUT2D eigenvalue weighted by atomic mass is 79.9. The lowest BCUT2D eigenvalue weighted by atomic mass is 10.2. The maximum Gasteiger partial charge on any atom is 0.257 e. The average molecular weight is 346 g/mol. The number of methoxy groups -OCH3 is 1. The quantitative estimate of drug-likeness (QED) is 0.791. The molecule has 0 atom stereocenters. The van der Waals surface area contributed by atoms with Gasteiger partial charge in [-0.05, 0) is 30.3 Å². The number of pyridine rings is 1. The number of anilines is 1. The second kappa shape index (κ2) is 5.57. The number of carbonyl (C=O) groups is 1. The largest absolute Gasteiger partial charge is 0.495 e. The van der Waals surface area contributed by atoms with Gasteiger partial charge < -0.3 is 14.5 Å². The summed E-state index contributed by atoms with van der Waals surface area (Å²) in [6.07, 6.45) is 5.22. The average Bonchev–Trinajstić information content (AvgIpc) is 2.94. The van der Waals surface area contributed by atoms with Gasteiger partial charge in [0.05, 0.1) is 18.4 Å². The first-order valence-corrected chi connectivity index (χ1v) is 7.04. The van der Waals surface area contributed by atoms with Gasteiger partial charge in [0, 0.05) is 23.1 Å². The number of aromatic nitrogens is 2. The molecule has 21 heavy (non-hydrogen) atoms. The third-order valence-electron chi connectivity index (χ3n) is 3.06. The predicted molar refractivity (Wildman–Crippen MR) is 83.8 cm³/mol. The van der Waals surface area contributed by atoms with Crippen molar-refractivity contribution in [2.75, 3.05) is 12.4 Å². The Hall–Kier alpha value is -2.34. The van der Waals surface area contributed by atoms with Gasteiger partial charge in [0.1, 0.15) is 11.4 Å². The number of nitrogens with zero attached hydrogens (tertiary/aromatic N) is 2. The Morgan fingerprint density at radius 1 is 1.33 bits per heavy atom. The first-order valence-electron chi connectivity index (χ1n) is 6.25. The summed E-state index contributed by atoms with van der Waals surface area (Å²) < 4.78 is 7.91. The molecule has 106 valence electrons. The fourth-order valence-corrected chi connectivity index (χ4v) is 2.39. The van der Waals surface area contributed by atoms with Crippen LogP contribution in [0.15, 0.2) is 53.4 Å². The van der Waals surface area contributed by atoms with E-state index in [4.69, 9.17) is 4.74 Å². The molecule has 0 fully saturated rings. The standard InChI is InChI=1S/C15H12BrN3O2/c1-21-13-4-3-11(16)8-12(13)18-15(20)10-2-5-14-17-6-7-19(14)9-10/h2-9H,1H3,(H,18,20). The highest BCUT2D eigenvalue weighted by molar-refractivity contribution is 9.10. The lowest BCUT2D eigenvalue weighted by Gasteiger charge is -2.10. The normalized spacial score (nSPS) is 10.6. The Morgan fingerprint density at radius 3 is 3.00 bits per heavy atom. The van der Waals surface area contributed by atoms with Gasteiger partial charge in [0.25, 0.3) is 5.91 Å². The number of benzene rings is 1. The molecule has 0 bridgehead atoms. The van der Waals surface area contributed by atoms with Gasteiger partial charge in [0.2, 0.25) is 0 Å². The molecule has 0 radical (unpaired) electrons. The molecule has 0 aliphatic heterocycles. The van der Waals surface area contributed by atoms with E-state index in [1.807, 2.05) is 6.07 Å². The molecule has 2 aromatic heterocycles. The van der Waals surface area contributed by atoms with Crippen molar-refractivity contribution >= 4 is 33.2 Å². The monoisotopic (exact) mass is 345 g/mol. The SMILES string of the molecule is COc1ccc(Br)cc1NC(=O)c1ccc2nccn2c1. The molecule has 2 heterocycles. The van der Waals surface area contributed by atoms with Crippen molar-refractivity contribution in [2.45, 2.75) is 0 Å². The summed E-state index contributed by atoms with van der Waals surface area (Å²) in [6.45, 7) is 0. The molecule has 0 aliphatic carbocycles. The van der Waals surface area contributed by atoms with Crippen molar-refractivity contribution in [1.29, 1.82) is 0 Å². The lowest BCUT2D eigenvalue weighted by Crippen LogP contribution is -2.13. The van der Waals surface area contributed by atoms with E-state index < -0.39 is 0 Å². The zero-order valence-corrected chi connectivity index (χ0v) is 12.8. The summed E-state index contributed by atoms with van der Waals surface area (Å²) in [7, 11) is 1.57. The lowest BCUT2D eigenvalue weighted by molar-refractivity contribution is 0.102. The van der Waals surface area contributed by atoms with Crippen molar-refractivity contribution in [3.8, 4) is 5.75 Å². The fraction of sp³-hybridized carbons (Fsp3) is 0.0667. The molecule has 5 nitrogen and oxygen atoms in total. The van der Waals surface area contributed by atoms with Crippen LogP contribution in [0.4, 0.5) is 5.69 Å². The van der Waals surface area contributed by atoms with Crippen molar-refractivity contribution in [3.63, 3.8) is 0 Å². The summed E-state index contributed by atoms with van der Waals surface area (Å²) in [4.78, 5) is 16.5. The number of hydrogen-bond acceptors (Lipinski definition) is 3. The number of imidazole rings is 1. The van der Waals surface area contributed by atoms with E-state index in [9.17, 15) is 4.79 Å². The Balaban J connectivity index is 1.90. The summed E-state index contributed by atoms with van der Waals surface area (Å²) in [6, 6.07) is 8.98. The minimum atomic E-state index is -0.206. The zero-order valence-electron chi connectivity index (χ0n) is 11.2. The molecule has 1 amide bonds. The number of amides is 1. The Labute approximate surface area is 129 Å². The van der Waals surface area contributed by atoms with Crippen LogP contribution in [0.3, 0.4) is 0 Å². The minimum absolute atomic E-state index is 0.206. The molecule has 0 unspecified atom stereocenters. The van der Waals surface area contributed by atoms with Crippen molar-refractivity contribution < 1.29 is 9.53 Å². The molecule has 6 heteroatoms. The number of ether oxygens (including phenoxy) is 1. The molecule has 3 aromatic rings. The van der Waals surface area contributed by atoms with Crippen LogP contribution in [0.5, 0.6) is 5.75 Å². The van der Waals surface area contributed by atoms with Crippen molar-refractivity contribution in [3.05, 3.63) is 59.0 Å².